The van der Waals surface area contributed by atoms with Gasteiger partial charge in [0.25, 0.3) is 0 Å². The van der Waals surface area contributed by atoms with Crippen molar-refractivity contribution in [3.8, 4) is 0 Å². The van der Waals surface area contributed by atoms with Crippen LogP contribution in [0.15, 0.2) is 0 Å². The van der Waals surface area contributed by atoms with Gasteiger partial charge in [-0.1, -0.05) is 6.92 Å². The lowest BCUT2D eigenvalue weighted by Crippen LogP contribution is -2.37. The lowest BCUT2D eigenvalue weighted by atomic mass is 10.2. The van der Waals surface area contributed by atoms with E-state index in [2.05, 4.69) is 0 Å². The van der Waals surface area contributed by atoms with E-state index in [1.54, 1.807) is 18.7 Å². The normalized spacial score (nSPS) is 15.6. The second-order valence-electron chi connectivity index (χ2n) is 6.37. The maximum atomic E-state index is 11.8. The Morgan fingerprint density at radius 1 is 1.20 bits per heavy atom. The maximum Gasteiger partial charge on any atom is 0.472 e. The van der Waals surface area contributed by atoms with Crippen molar-refractivity contribution in [2.75, 3.05) is 72.4 Å². The van der Waals surface area contributed by atoms with E-state index in [1.807, 2.05) is 21.1 Å². The maximum absolute atomic E-state index is 11.8. The molecule has 0 aliphatic heterocycles. The highest BCUT2D eigenvalue weighted by Gasteiger charge is 2.23. The number of nitrogens with zero attached hydrogens (tertiary/aromatic N) is 1. The number of likely N-dealkylation sites (N-methyl/N-ethyl adjacent to an activating group) is 1. The monoisotopic (exact) mass is 403 g/mol. The van der Waals surface area contributed by atoms with Crippen molar-refractivity contribution >= 4 is 25.6 Å². The summed E-state index contributed by atoms with van der Waals surface area (Å²) in [6, 6.07) is 0. The molecule has 0 heterocycles. The predicted molar refractivity (Wildman–Crippen MR) is 97.1 cm³/mol. The number of rotatable bonds is 15. The number of phosphoric acid groups is 1. The Balaban J connectivity index is 3.80. The van der Waals surface area contributed by atoms with Gasteiger partial charge in [0.15, 0.2) is 0 Å². The van der Waals surface area contributed by atoms with Gasteiger partial charge < -0.3 is 24.6 Å². The summed E-state index contributed by atoms with van der Waals surface area (Å²) >= 11 is 1.57. The molecule has 9 nitrogen and oxygen atoms in total. The fourth-order valence-corrected chi connectivity index (χ4v) is 3.02. The molecule has 0 aromatic rings. The average molecular weight is 403 g/mol. The van der Waals surface area contributed by atoms with Crippen molar-refractivity contribution < 1.29 is 37.3 Å². The van der Waals surface area contributed by atoms with Crippen molar-refractivity contribution in [1.29, 1.82) is 0 Å². The summed E-state index contributed by atoms with van der Waals surface area (Å²) in [6.07, 6.45) is 0. The zero-order valence-electron chi connectivity index (χ0n) is 15.5. The van der Waals surface area contributed by atoms with Crippen molar-refractivity contribution in [1.82, 2.24) is 0 Å². The van der Waals surface area contributed by atoms with E-state index < -0.39 is 7.82 Å². The standard InChI is InChI=1S/C14H31N2O7PS/c1-13(11-25-10-9-20-12-15)14(17)21-7-8-23-24(18,19)22-6-5-16(2,3)4/h13H,5-12,15H2,1-4H3/p+1. The molecule has 0 fully saturated rings. The smallest absolute Gasteiger partial charge is 0.463 e. The van der Waals surface area contributed by atoms with Crippen LogP contribution in [0.3, 0.4) is 0 Å². The fraction of sp³-hybridized carbons (Fsp3) is 0.929. The summed E-state index contributed by atoms with van der Waals surface area (Å²) in [5.41, 5.74) is 5.20. The second-order valence-corrected chi connectivity index (χ2v) is 8.97. The van der Waals surface area contributed by atoms with Crippen LogP contribution >= 0.6 is 19.6 Å². The number of ether oxygens (including phenoxy) is 2. The molecule has 0 spiro atoms. The first-order valence-electron chi connectivity index (χ1n) is 8.02. The molecule has 25 heavy (non-hydrogen) atoms. The molecule has 0 aromatic heterocycles. The van der Waals surface area contributed by atoms with Crippen molar-refractivity contribution in [3.05, 3.63) is 0 Å². The van der Waals surface area contributed by atoms with Gasteiger partial charge in [0.1, 0.15) is 19.8 Å². The van der Waals surface area contributed by atoms with Gasteiger partial charge in [0.2, 0.25) is 0 Å². The molecule has 0 saturated heterocycles. The van der Waals surface area contributed by atoms with Gasteiger partial charge >= 0.3 is 13.8 Å². The van der Waals surface area contributed by atoms with Crippen LogP contribution in [0.25, 0.3) is 0 Å². The number of esters is 1. The molecule has 2 unspecified atom stereocenters. The Bertz CT molecular complexity index is 420. The number of carbonyl (C=O) groups is 1. The highest BCUT2D eigenvalue weighted by Crippen LogP contribution is 2.42. The molecule has 150 valence electrons. The first-order valence-corrected chi connectivity index (χ1v) is 10.7. The number of carbonyl (C=O) groups excluding carboxylic acids is 1. The van der Waals surface area contributed by atoms with Gasteiger partial charge in [-0.2, -0.15) is 11.8 Å². The highest BCUT2D eigenvalue weighted by atomic mass is 32.2. The van der Waals surface area contributed by atoms with E-state index in [9.17, 15) is 14.3 Å². The molecule has 0 aliphatic rings. The Morgan fingerprint density at radius 2 is 1.84 bits per heavy atom. The third kappa shape index (κ3) is 15.8. The molecule has 3 N–H and O–H groups in total. The first kappa shape index (κ1) is 24.8. The lowest BCUT2D eigenvalue weighted by Gasteiger charge is -2.24. The predicted octanol–water partition coefficient (Wildman–Crippen LogP) is 0.672. The number of hydrogen-bond acceptors (Lipinski definition) is 8. The third-order valence-electron chi connectivity index (χ3n) is 2.86. The Morgan fingerprint density at radius 3 is 2.44 bits per heavy atom. The van der Waals surface area contributed by atoms with Crippen LogP contribution in [0.1, 0.15) is 6.92 Å². The van der Waals surface area contributed by atoms with Crippen LogP contribution in [-0.2, 0) is 27.9 Å². The molecule has 0 aliphatic carbocycles. The van der Waals surface area contributed by atoms with Crippen molar-refractivity contribution in [2.24, 2.45) is 11.7 Å². The van der Waals surface area contributed by atoms with E-state index in [4.69, 9.17) is 24.3 Å². The Labute approximate surface area is 154 Å². The van der Waals surface area contributed by atoms with Gasteiger partial charge in [0, 0.05) is 11.5 Å². The minimum Gasteiger partial charge on any atom is -0.463 e. The Hall–Kier alpha value is -0.190. The van der Waals surface area contributed by atoms with Crippen LogP contribution in [0.4, 0.5) is 0 Å². The molecular weight excluding hydrogens is 371 g/mol. The molecule has 11 heteroatoms. The number of hydrogen-bond donors (Lipinski definition) is 2. The molecule has 0 amide bonds. The van der Waals surface area contributed by atoms with Gasteiger partial charge in [0.05, 0.1) is 47.0 Å². The first-order chi connectivity index (χ1) is 11.6. The number of thioether (sulfide) groups is 1. The fourth-order valence-electron chi connectivity index (χ4n) is 1.43. The summed E-state index contributed by atoms with van der Waals surface area (Å²) in [7, 11) is 1.70. The molecule has 0 radical (unpaired) electrons. The molecule has 0 bridgehead atoms. The van der Waals surface area contributed by atoms with Crippen LogP contribution in [0, 0.1) is 5.92 Å². The van der Waals surface area contributed by atoms with E-state index >= 15 is 0 Å². The molecule has 0 saturated carbocycles. The third-order valence-corrected chi connectivity index (χ3v) is 5.07. The lowest BCUT2D eigenvalue weighted by molar-refractivity contribution is -0.870. The van der Waals surface area contributed by atoms with Gasteiger partial charge in [-0.05, 0) is 0 Å². The minimum absolute atomic E-state index is 0.0964. The van der Waals surface area contributed by atoms with Crippen LogP contribution in [-0.4, -0.2) is 87.7 Å². The second kappa shape index (κ2) is 13.1. The zero-order chi connectivity index (χ0) is 19.3. The number of nitrogens with two attached hydrogens (primary N) is 1. The van der Waals surface area contributed by atoms with Crippen LogP contribution in [0.5, 0.6) is 0 Å². The summed E-state index contributed by atoms with van der Waals surface area (Å²) in [6.45, 7) is 2.84. The van der Waals surface area contributed by atoms with E-state index in [1.165, 1.54) is 0 Å². The molecule has 0 rings (SSSR count). The SMILES string of the molecule is CC(CSCCOCN)C(=O)OCCOP(=O)(O)OCC[N+](C)(C)C. The van der Waals surface area contributed by atoms with E-state index in [-0.39, 0.29) is 38.4 Å². The molecule has 2 atom stereocenters. The van der Waals surface area contributed by atoms with Crippen LogP contribution < -0.4 is 5.73 Å². The topological polar surface area (TPSA) is 117 Å². The average Bonchev–Trinajstić information content (AvgIpc) is 2.49. The largest absolute Gasteiger partial charge is 0.472 e. The van der Waals surface area contributed by atoms with Crippen LogP contribution in [0.2, 0.25) is 0 Å². The number of phosphoric ester groups is 1. The van der Waals surface area contributed by atoms with Gasteiger partial charge in [-0.15, -0.1) is 0 Å². The summed E-state index contributed by atoms with van der Waals surface area (Å²) < 4.78 is 31.9. The minimum atomic E-state index is -4.12. The molecule has 0 aromatic carbocycles. The van der Waals surface area contributed by atoms with Crippen molar-refractivity contribution in [3.63, 3.8) is 0 Å². The molecular formula is C14H32N2O7PS+. The van der Waals surface area contributed by atoms with Gasteiger partial charge in [-0.25, -0.2) is 4.57 Å². The quantitative estimate of drug-likeness (QED) is 0.134. The highest BCUT2D eigenvalue weighted by molar-refractivity contribution is 7.99. The number of quaternary nitrogens is 1. The van der Waals surface area contributed by atoms with E-state index in [0.29, 0.717) is 23.4 Å². The summed E-state index contributed by atoms with van der Waals surface area (Å²) in [5.74, 6) is 0.676. The van der Waals surface area contributed by atoms with Gasteiger partial charge in [-0.3, -0.25) is 13.8 Å². The summed E-state index contributed by atoms with van der Waals surface area (Å²) in [5, 5.41) is 0. The zero-order valence-corrected chi connectivity index (χ0v) is 17.2. The Kier molecular flexibility index (Phi) is 13.0. The van der Waals surface area contributed by atoms with E-state index in [0.717, 1.165) is 5.75 Å². The van der Waals surface area contributed by atoms with Crippen molar-refractivity contribution in [2.45, 2.75) is 6.92 Å². The summed E-state index contributed by atoms with van der Waals surface area (Å²) in [4.78, 5) is 21.3.